The van der Waals surface area contributed by atoms with Crippen molar-refractivity contribution in [1.29, 1.82) is 0 Å². The van der Waals surface area contributed by atoms with Gasteiger partial charge in [-0.15, -0.1) is 0 Å². The number of amides is 1. The first-order valence-corrected chi connectivity index (χ1v) is 10.7. The largest absolute Gasteiger partial charge is 0.482 e. The maximum atomic E-state index is 13.7. The second kappa shape index (κ2) is 8.00. The summed E-state index contributed by atoms with van der Waals surface area (Å²) in [6.45, 7) is 2.13. The van der Waals surface area contributed by atoms with Crippen LogP contribution in [0.25, 0.3) is 10.2 Å². The molecular weight excluding hydrogens is 415 g/mol. The van der Waals surface area contributed by atoms with Crippen molar-refractivity contribution >= 4 is 32.6 Å². The molecule has 5 rings (SSSR count). The van der Waals surface area contributed by atoms with Gasteiger partial charge in [0.25, 0.3) is 5.91 Å². The molecule has 0 radical (unpaired) electrons. The Morgan fingerprint density at radius 3 is 2.52 bits per heavy atom. The predicted molar refractivity (Wildman–Crippen MR) is 118 cm³/mol. The molecule has 0 bridgehead atoms. The number of aromatic nitrogens is 1. The number of hydrogen-bond acceptors (Lipinski definition) is 5. The van der Waals surface area contributed by atoms with Gasteiger partial charge in [0.15, 0.2) is 16.6 Å². The number of para-hydroxylation sites is 2. The van der Waals surface area contributed by atoms with Crippen molar-refractivity contribution in [2.24, 2.45) is 0 Å². The first kappa shape index (κ1) is 19.5. The van der Waals surface area contributed by atoms with Gasteiger partial charge in [0.1, 0.15) is 11.9 Å². The fourth-order valence-corrected chi connectivity index (χ4v) is 4.55. The lowest BCUT2D eigenvalue weighted by molar-refractivity contribution is -0.130. The van der Waals surface area contributed by atoms with Gasteiger partial charge in [0, 0.05) is 0 Å². The maximum absolute atomic E-state index is 13.7. The fourth-order valence-electron chi connectivity index (χ4n) is 3.55. The third-order valence-electron chi connectivity index (χ3n) is 5.11. The van der Waals surface area contributed by atoms with Gasteiger partial charge >= 0.3 is 0 Å². The van der Waals surface area contributed by atoms with E-state index in [0.717, 1.165) is 5.56 Å². The van der Waals surface area contributed by atoms with E-state index in [-0.39, 0.29) is 11.7 Å². The van der Waals surface area contributed by atoms with Crippen LogP contribution < -0.4 is 14.4 Å². The van der Waals surface area contributed by atoms with Crippen molar-refractivity contribution in [2.75, 3.05) is 4.90 Å². The van der Waals surface area contributed by atoms with E-state index < -0.39 is 12.2 Å². The first-order valence-electron chi connectivity index (χ1n) is 9.92. The highest BCUT2D eigenvalue weighted by atomic mass is 32.1. The molecule has 0 aliphatic carbocycles. The molecule has 0 spiro atoms. The standard InChI is InChI=1S/C24H19FN2O3S/c1-15-22(30-20-10-6-5-9-19(20)29-15)23(28)27(14-16-7-3-2-4-8-16)24-26-18-12-11-17(25)13-21(18)31-24/h2-13,15,22H,14H2,1H3. The molecule has 7 heteroatoms. The highest BCUT2D eigenvalue weighted by Crippen LogP contribution is 2.36. The quantitative estimate of drug-likeness (QED) is 0.443. The van der Waals surface area contributed by atoms with Crippen LogP contribution in [0.2, 0.25) is 0 Å². The van der Waals surface area contributed by atoms with Gasteiger partial charge in [-0.2, -0.15) is 0 Å². The summed E-state index contributed by atoms with van der Waals surface area (Å²) in [5.74, 6) is 0.553. The Kier molecular flexibility index (Phi) is 5.03. The van der Waals surface area contributed by atoms with Gasteiger partial charge in [-0.3, -0.25) is 9.69 Å². The zero-order valence-electron chi connectivity index (χ0n) is 16.7. The van der Waals surface area contributed by atoms with Crippen molar-refractivity contribution < 1.29 is 18.7 Å². The number of rotatable bonds is 4. The molecule has 2 atom stereocenters. The van der Waals surface area contributed by atoms with Gasteiger partial charge in [-0.05, 0) is 42.8 Å². The van der Waals surface area contributed by atoms with Crippen LogP contribution >= 0.6 is 11.3 Å². The fraction of sp³-hybridized carbons (Fsp3) is 0.167. The molecule has 1 aromatic heterocycles. The van der Waals surface area contributed by atoms with E-state index in [0.29, 0.717) is 33.4 Å². The molecular formula is C24H19FN2O3S. The van der Waals surface area contributed by atoms with Gasteiger partial charge < -0.3 is 9.47 Å². The smallest absolute Gasteiger partial charge is 0.274 e. The van der Waals surface area contributed by atoms with Crippen LogP contribution in [0, 0.1) is 5.82 Å². The molecule has 0 saturated carbocycles. The number of halogens is 1. The number of thiazole rings is 1. The third-order valence-corrected chi connectivity index (χ3v) is 6.15. The highest BCUT2D eigenvalue weighted by Gasteiger charge is 2.38. The average molecular weight is 434 g/mol. The van der Waals surface area contributed by atoms with E-state index in [2.05, 4.69) is 4.98 Å². The number of anilines is 1. The van der Waals surface area contributed by atoms with E-state index >= 15 is 0 Å². The summed E-state index contributed by atoms with van der Waals surface area (Å²) in [7, 11) is 0. The lowest BCUT2D eigenvalue weighted by atomic mass is 10.1. The van der Waals surface area contributed by atoms with E-state index in [9.17, 15) is 9.18 Å². The van der Waals surface area contributed by atoms with Crippen molar-refractivity contribution in [2.45, 2.75) is 25.7 Å². The molecule has 1 aliphatic heterocycles. The molecule has 2 unspecified atom stereocenters. The molecule has 4 aromatic rings. The van der Waals surface area contributed by atoms with E-state index in [1.165, 1.54) is 23.5 Å². The number of hydrogen-bond donors (Lipinski definition) is 0. The summed E-state index contributed by atoms with van der Waals surface area (Å²) in [4.78, 5) is 19.9. The van der Waals surface area contributed by atoms with Gasteiger partial charge in [-0.25, -0.2) is 9.37 Å². The zero-order chi connectivity index (χ0) is 21.4. The molecule has 0 saturated heterocycles. The molecule has 0 N–H and O–H groups in total. The van der Waals surface area contributed by atoms with Crippen LogP contribution in [0.1, 0.15) is 12.5 Å². The predicted octanol–water partition coefficient (Wildman–Crippen LogP) is 5.20. The second-order valence-electron chi connectivity index (χ2n) is 7.33. The Morgan fingerprint density at radius 1 is 1.03 bits per heavy atom. The molecule has 1 aliphatic rings. The average Bonchev–Trinajstić information content (AvgIpc) is 3.20. The number of fused-ring (bicyclic) bond motifs is 2. The van der Waals surface area contributed by atoms with Crippen LogP contribution in [0.5, 0.6) is 11.5 Å². The minimum atomic E-state index is -0.831. The van der Waals surface area contributed by atoms with Crippen LogP contribution in [-0.2, 0) is 11.3 Å². The van der Waals surface area contributed by atoms with Gasteiger partial charge in [0.05, 0.1) is 16.8 Å². The van der Waals surface area contributed by atoms with E-state index in [4.69, 9.17) is 9.47 Å². The lowest BCUT2D eigenvalue weighted by Crippen LogP contribution is -2.50. The maximum Gasteiger partial charge on any atom is 0.274 e. The SMILES string of the molecule is CC1Oc2ccccc2OC1C(=O)N(Cc1ccccc1)c1nc2ccc(F)cc2s1. The number of carbonyl (C=O) groups is 1. The van der Waals surface area contributed by atoms with Crippen LogP contribution in [0.15, 0.2) is 72.8 Å². The third kappa shape index (κ3) is 3.84. The number of carbonyl (C=O) groups excluding carboxylic acids is 1. The molecule has 3 aromatic carbocycles. The summed E-state index contributed by atoms with van der Waals surface area (Å²) in [5.41, 5.74) is 1.59. The summed E-state index contributed by atoms with van der Waals surface area (Å²) >= 11 is 1.28. The Morgan fingerprint density at radius 2 is 1.74 bits per heavy atom. The highest BCUT2D eigenvalue weighted by molar-refractivity contribution is 7.22. The van der Waals surface area contributed by atoms with E-state index in [1.807, 2.05) is 55.5 Å². The topological polar surface area (TPSA) is 51.7 Å². The Hall–Kier alpha value is -3.45. The van der Waals surface area contributed by atoms with Crippen LogP contribution in [-0.4, -0.2) is 23.1 Å². The van der Waals surface area contributed by atoms with Crippen molar-refractivity contribution in [3.05, 3.63) is 84.2 Å². The number of benzene rings is 3. The minimum absolute atomic E-state index is 0.259. The number of ether oxygens (including phenoxy) is 2. The molecule has 156 valence electrons. The van der Waals surface area contributed by atoms with Gasteiger partial charge in [-0.1, -0.05) is 53.8 Å². The molecule has 2 heterocycles. The Balaban J connectivity index is 1.52. The van der Waals surface area contributed by atoms with E-state index in [1.54, 1.807) is 17.0 Å². The van der Waals surface area contributed by atoms with Crippen LogP contribution in [0.4, 0.5) is 9.52 Å². The summed E-state index contributed by atoms with van der Waals surface area (Å²) in [6.07, 6.45) is -1.31. The molecule has 1 amide bonds. The summed E-state index contributed by atoms with van der Waals surface area (Å²) in [5, 5.41) is 0.490. The van der Waals surface area contributed by atoms with Gasteiger partial charge in [0.2, 0.25) is 6.10 Å². The minimum Gasteiger partial charge on any atom is -0.482 e. The second-order valence-corrected chi connectivity index (χ2v) is 8.34. The number of nitrogens with zero attached hydrogens (tertiary/aromatic N) is 2. The summed E-state index contributed by atoms with van der Waals surface area (Å²) < 4.78 is 26.4. The molecule has 0 fully saturated rings. The summed E-state index contributed by atoms with van der Waals surface area (Å²) in [6, 6.07) is 21.4. The zero-order valence-corrected chi connectivity index (χ0v) is 17.5. The van der Waals surface area contributed by atoms with Crippen molar-refractivity contribution in [3.63, 3.8) is 0 Å². The Bertz CT molecular complexity index is 1240. The van der Waals surface area contributed by atoms with Crippen molar-refractivity contribution in [1.82, 2.24) is 4.98 Å². The molecule has 5 nitrogen and oxygen atoms in total. The lowest BCUT2D eigenvalue weighted by Gasteiger charge is -2.33. The normalized spacial score (nSPS) is 17.5. The molecule has 31 heavy (non-hydrogen) atoms. The van der Waals surface area contributed by atoms with Crippen LogP contribution in [0.3, 0.4) is 0 Å². The monoisotopic (exact) mass is 434 g/mol. The first-order chi connectivity index (χ1) is 15.1. The van der Waals surface area contributed by atoms with Crippen molar-refractivity contribution in [3.8, 4) is 11.5 Å². The Labute approximate surface area is 182 Å².